The first kappa shape index (κ1) is 23.3. The summed E-state index contributed by atoms with van der Waals surface area (Å²) >= 11 is 0.655. The lowest BCUT2D eigenvalue weighted by molar-refractivity contribution is -0.140. The molecule has 2 heterocycles. The Hall–Kier alpha value is -1.91. The van der Waals surface area contributed by atoms with Gasteiger partial charge in [-0.05, 0) is 44.7 Å². The van der Waals surface area contributed by atoms with Gasteiger partial charge in [0, 0.05) is 13.0 Å². The van der Waals surface area contributed by atoms with Gasteiger partial charge in [-0.1, -0.05) is 0 Å². The van der Waals surface area contributed by atoms with Crippen LogP contribution in [0.5, 0.6) is 5.75 Å². The molecule has 1 saturated heterocycles. The number of amides is 1. The van der Waals surface area contributed by atoms with Crippen molar-refractivity contribution in [2.45, 2.75) is 63.7 Å². The van der Waals surface area contributed by atoms with Gasteiger partial charge in [0.25, 0.3) is 5.92 Å². The summed E-state index contributed by atoms with van der Waals surface area (Å²) in [6.45, 7) is 4.04. The fourth-order valence-corrected chi connectivity index (χ4v) is 4.71. The van der Waals surface area contributed by atoms with Crippen molar-refractivity contribution < 1.29 is 32.2 Å². The average molecular weight is 473 g/mol. The van der Waals surface area contributed by atoms with Crippen molar-refractivity contribution in [3.63, 3.8) is 0 Å². The zero-order valence-electron chi connectivity index (χ0n) is 18.0. The van der Waals surface area contributed by atoms with Gasteiger partial charge in [-0.2, -0.15) is 8.78 Å². The second kappa shape index (κ2) is 9.52. The fraction of sp³-hybridized carbons (Fsp3) is 0.636. The summed E-state index contributed by atoms with van der Waals surface area (Å²) in [5, 5.41) is 2.52. The number of rotatable bonds is 8. The molecular weight excluding hydrogens is 445 g/mol. The van der Waals surface area contributed by atoms with E-state index < -0.39 is 16.7 Å². The second-order valence-corrected chi connectivity index (χ2v) is 9.63. The highest BCUT2D eigenvalue weighted by Gasteiger charge is 2.31. The molecule has 32 heavy (non-hydrogen) atoms. The number of nitrogens with one attached hydrogen (secondary N) is 1. The summed E-state index contributed by atoms with van der Waals surface area (Å²) < 4.78 is 58.8. The lowest BCUT2D eigenvalue weighted by Gasteiger charge is -2.30. The van der Waals surface area contributed by atoms with Gasteiger partial charge in [0.05, 0.1) is 48.2 Å². The third-order valence-electron chi connectivity index (χ3n) is 5.73. The summed E-state index contributed by atoms with van der Waals surface area (Å²) in [5.74, 6) is -3.75. The molecule has 0 radical (unpaired) electrons. The highest BCUT2D eigenvalue weighted by molar-refractivity contribution is 7.18. The van der Waals surface area contributed by atoms with Crippen LogP contribution in [0.4, 0.5) is 13.2 Å². The predicted molar refractivity (Wildman–Crippen MR) is 114 cm³/mol. The number of aromatic nitrogens is 1. The van der Waals surface area contributed by atoms with Crippen molar-refractivity contribution in [2.24, 2.45) is 5.92 Å². The van der Waals surface area contributed by atoms with Crippen LogP contribution in [0.25, 0.3) is 10.2 Å². The van der Waals surface area contributed by atoms with E-state index in [1.54, 1.807) is 0 Å². The minimum atomic E-state index is -3.11. The number of halogens is 3. The maximum absolute atomic E-state index is 14.8. The van der Waals surface area contributed by atoms with E-state index in [0.29, 0.717) is 44.0 Å². The summed E-state index contributed by atoms with van der Waals surface area (Å²) in [6, 6.07) is 2.88. The average Bonchev–Trinajstić information content (AvgIpc) is 3.14. The fourth-order valence-electron chi connectivity index (χ4n) is 3.79. The van der Waals surface area contributed by atoms with Crippen LogP contribution in [0.1, 0.15) is 44.5 Å². The van der Waals surface area contributed by atoms with E-state index in [-0.39, 0.29) is 46.0 Å². The van der Waals surface area contributed by atoms with Crippen LogP contribution in [0, 0.1) is 11.7 Å². The lowest BCUT2D eigenvalue weighted by atomic mass is 9.95. The van der Waals surface area contributed by atoms with Gasteiger partial charge in [-0.25, -0.2) is 9.37 Å². The number of ether oxygens (including phenoxy) is 3. The molecule has 1 aliphatic carbocycles. The molecule has 1 aromatic carbocycles. The molecule has 6 nitrogen and oxygen atoms in total. The Labute approximate surface area is 188 Å². The van der Waals surface area contributed by atoms with Crippen molar-refractivity contribution in [3.05, 3.63) is 23.0 Å². The predicted octanol–water partition coefficient (Wildman–Crippen LogP) is 4.40. The summed E-state index contributed by atoms with van der Waals surface area (Å²) in [5.41, 5.74) is 0.208. The normalized spacial score (nSPS) is 23.0. The Kier molecular flexibility index (Phi) is 6.92. The number of hydrogen-bond donors (Lipinski definition) is 1. The second-order valence-electron chi connectivity index (χ2n) is 8.63. The van der Waals surface area contributed by atoms with Crippen LogP contribution >= 0.6 is 11.3 Å². The number of benzene rings is 1. The summed E-state index contributed by atoms with van der Waals surface area (Å²) in [6.07, 6.45) is 2.81. The summed E-state index contributed by atoms with van der Waals surface area (Å²) in [4.78, 5) is 15.8. The van der Waals surface area contributed by atoms with Gasteiger partial charge in [-0.3, -0.25) is 4.79 Å². The minimum Gasteiger partial charge on any atom is -0.487 e. The molecule has 2 fully saturated rings. The quantitative estimate of drug-likeness (QED) is 0.617. The third kappa shape index (κ3) is 5.35. The molecule has 1 atom stereocenters. The van der Waals surface area contributed by atoms with Crippen LogP contribution in [-0.4, -0.2) is 49.0 Å². The van der Waals surface area contributed by atoms with Crippen molar-refractivity contribution in [1.82, 2.24) is 10.3 Å². The molecule has 2 aromatic rings. The van der Waals surface area contributed by atoms with Crippen molar-refractivity contribution in [1.29, 1.82) is 0 Å². The van der Waals surface area contributed by atoms with Crippen LogP contribution in [0.2, 0.25) is 0 Å². The van der Waals surface area contributed by atoms with E-state index >= 15 is 0 Å². The number of carbonyl (C=O) groups is 1. The first-order chi connectivity index (χ1) is 15.2. The van der Waals surface area contributed by atoms with Gasteiger partial charge in [0.15, 0.2) is 16.6 Å². The Morgan fingerprint density at radius 1 is 1.28 bits per heavy atom. The Bertz CT molecular complexity index is 953. The standard InChI is InChI=1S/C22H27F3N2O4S/c1-12(26-20(28)13-10-29-11-13)9-30-14-3-5-15(6-4-14)31-17-8-7-16-19(18(17)23)32-21(27-16)22(2,24)25/h7-8,12-15H,3-6,9-11H2,1-2H3,(H,26,28)/t12-,14?,15?/m0/s1. The largest absolute Gasteiger partial charge is 0.487 e. The number of alkyl halides is 2. The molecule has 1 saturated carbocycles. The highest BCUT2D eigenvalue weighted by Crippen LogP contribution is 2.38. The molecule has 0 spiro atoms. The van der Waals surface area contributed by atoms with Crippen LogP contribution in [-0.2, 0) is 20.2 Å². The Morgan fingerprint density at radius 2 is 1.97 bits per heavy atom. The molecule has 1 amide bonds. The SMILES string of the molecule is C[C@@H](COC1CCC(Oc2ccc3nc(C(C)(F)F)sc3c2F)CC1)NC(=O)C1COC1. The van der Waals surface area contributed by atoms with Crippen molar-refractivity contribution in [3.8, 4) is 5.75 Å². The maximum Gasteiger partial charge on any atom is 0.296 e. The van der Waals surface area contributed by atoms with Crippen molar-refractivity contribution >= 4 is 27.5 Å². The van der Waals surface area contributed by atoms with E-state index in [4.69, 9.17) is 14.2 Å². The highest BCUT2D eigenvalue weighted by atomic mass is 32.1. The zero-order valence-corrected chi connectivity index (χ0v) is 18.9. The van der Waals surface area contributed by atoms with E-state index in [1.807, 2.05) is 6.92 Å². The zero-order chi connectivity index (χ0) is 22.9. The number of nitrogens with zero attached hydrogens (tertiary/aromatic N) is 1. The number of fused-ring (bicyclic) bond motifs is 1. The number of hydrogen-bond acceptors (Lipinski definition) is 6. The molecule has 1 aliphatic heterocycles. The van der Waals surface area contributed by atoms with Crippen LogP contribution in [0.3, 0.4) is 0 Å². The molecular formula is C22H27F3N2O4S. The third-order valence-corrected chi connectivity index (χ3v) is 6.97. The van der Waals surface area contributed by atoms with Crippen LogP contribution < -0.4 is 10.1 Å². The number of carbonyl (C=O) groups excluding carboxylic acids is 1. The molecule has 176 valence electrons. The van der Waals surface area contributed by atoms with Gasteiger partial charge in [0.1, 0.15) is 0 Å². The van der Waals surface area contributed by atoms with Gasteiger partial charge in [0.2, 0.25) is 5.91 Å². The van der Waals surface area contributed by atoms with Crippen molar-refractivity contribution in [2.75, 3.05) is 19.8 Å². The molecule has 2 aliphatic rings. The monoisotopic (exact) mass is 472 g/mol. The smallest absolute Gasteiger partial charge is 0.296 e. The van der Waals surface area contributed by atoms with Crippen LogP contribution in [0.15, 0.2) is 12.1 Å². The van der Waals surface area contributed by atoms with E-state index in [1.165, 1.54) is 12.1 Å². The molecule has 4 rings (SSSR count). The topological polar surface area (TPSA) is 69.7 Å². The Morgan fingerprint density at radius 3 is 2.59 bits per heavy atom. The van der Waals surface area contributed by atoms with Gasteiger partial charge >= 0.3 is 0 Å². The minimum absolute atomic E-state index is 0.000768. The first-order valence-corrected chi connectivity index (χ1v) is 11.7. The van der Waals surface area contributed by atoms with Gasteiger partial charge in [-0.15, -0.1) is 11.3 Å². The number of thiazole rings is 1. The lowest BCUT2D eigenvalue weighted by Crippen LogP contribution is -2.47. The summed E-state index contributed by atoms with van der Waals surface area (Å²) in [7, 11) is 0. The Balaban J connectivity index is 1.25. The molecule has 1 aromatic heterocycles. The molecule has 1 N–H and O–H groups in total. The van der Waals surface area contributed by atoms with E-state index in [2.05, 4.69) is 10.3 Å². The first-order valence-electron chi connectivity index (χ1n) is 10.8. The van der Waals surface area contributed by atoms with E-state index in [0.717, 1.165) is 19.8 Å². The van der Waals surface area contributed by atoms with E-state index in [9.17, 15) is 18.0 Å². The molecule has 0 bridgehead atoms. The molecule has 10 heteroatoms. The molecule has 0 unspecified atom stereocenters. The van der Waals surface area contributed by atoms with Gasteiger partial charge < -0.3 is 19.5 Å². The maximum atomic E-state index is 14.8.